The minimum Gasteiger partial charge on any atom is -0.486 e. The van der Waals surface area contributed by atoms with Crippen LogP contribution in [0.15, 0.2) is 48.7 Å². The molecule has 0 N–H and O–H groups in total. The van der Waals surface area contributed by atoms with Crippen LogP contribution in [0.4, 0.5) is 8.78 Å². The van der Waals surface area contributed by atoms with Crippen molar-refractivity contribution in [3.05, 3.63) is 71.4 Å². The standard InChI is InChI=1S/C22H22F2N2O2/c1-26(2)13-5-9-20(27)15-11-12-25-22-16(15)6-3-10-21(22)28-14-17-18(23)7-4-8-19(17)24/h3-4,6-8,10-12H,5,9,13-14H2,1-2H3. The molecule has 0 aliphatic heterocycles. The molecule has 0 radical (unpaired) electrons. The highest BCUT2D eigenvalue weighted by atomic mass is 19.1. The van der Waals surface area contributed by atoms with Crippen molar-refractivity contribution >= 4 is 16.7 Å². The summed E-state index contributed by atoms with van der Waals surface area (Å²) in [6.07, 6.45) is 2.75. The van der Waals surface area contributed by atoms with Crippen LogP contribution in [0.2, 0.25) is 0 Å². The van der Waals surface area contributed by atoms with Gasteiger partial charge in [0, 0.05) is 23.6 Å². The van der Waals surface area contributed by atoms with Crippen molar-refractivity contribution in [2.45, 2.75) is 19.4 Å². The molecular weight excluding hydrogens is 362 g/mol. The number of halogens is 2. The lowest BCUT2D eigenvalue weighted by atomic mass is 10.0. The predicted octanol–water partition coefficient (Wildman–Crippen LogP) is 4.62. The largest absolute Gasteiger partial charge is 0.486 e. The van der Waals surface area contributed by atoms with E-state index in [0.29, 0.717) is 28.6 Å². The predicted molar refractivity (Wildman–Crippen MR) is 105 cm³/mol. The van der Waals surface area contributed by atoms with Gasteiger partial charge in [-0.1, -0.05) is 18.2 Å². The highest BCUT2D eigenvalue weighted by Crippen LogP contribution is 2.28. The van der Waals surface area contributed by atoms with Crippen LogP contribution >= 0.6 is 0 Å². The Hall–Kier alpha value is -2.86. The molecule has 0 aliphatic carbocycles. The van der Waals surface area contributed by atoms with Gasteiger partial charge in [0.1, 0.15) is 29.5 Å². The van der Waals surface area contributed by atoms with Gasteiger partial charge >= 0.3 is 0 Å². The summed E-state index contributed by atoms with van der Waals surface area (Å²) >= 11 is 0. The monoisotopic (exact) mass is 384 g/mol. The third-order valence-electron chi connectivity index (χ3n) is 4.48. The van der Waals surface area contributed by atoms with Gasteiger partial charge in [0.2, 0.25) is 0 Å². The third kappa shape index (κ3) is 4.51. The van der Waals surface area contributed by atoms with Gasteiger partial charge < -0.3 is 9.64 Å². The molecule has 4 nitrogen and oxygen atoms in total. The van der Waals surface area contributed by atoms with E-state index in [1.54, 1.807) is 30.5 Å². The summed E-state index contributed by atoms with van der Waals surface area (Å²) in [6, 6.07) is 10.6. The van der Waals surface area contributed by atoms with Crippen molar-refractivity contribution in [3.8, 4) is 5.75 Å². The Labute approximate surface area is 162 Å². The Balaban J connectivity index is 1.84. The highest BCUT2D eigenvalue weighted by Gasteiger charge is 2.15. The number of nitrogens with zero attached hydrogens (tertiary/aromatic N) is 2. The fraction of sp³-hybridized carbons (Fsp3) is 0.273. The number of Topliss-reactive ketones (excluding diaryl/α,β-unsaturated/α-hetero) is 1. The molecule has 0 atom stereocenters. The average molecular weight is 384 g/mol. The molecule has 0 spiro atoms. The summed E-state index contributed by atoms with van der Waals surface area (Å²) in [7, 11) is 3.93. The highest BCUT2D eigenvalue weighted by molar-refractivity contribution is 6.08. The number of hydrogen-bond donors (Lipinski definition) is 0. The van der Waals surface area contributed by atoms with Gasteiger partial charge in [-0.2, -0.15) is 0 Å². The second-order valence-corrected chi connectivity index (χ2v) is 6.83. The van der Waals surface area contributed by atoms with Gasteiger partial charge in [-0.15, -0.1) is 0 Å². The second-order valence-electron chi connectivity index (χ2n) is 6.83. The normalized spacial score (nSPS) is 11.2. The minimum atomic E-state index is -0.662. The van der Waals surface area contributed by atoms with Gasteiger partial charge in [-0.3, -0.25) is 9.78 Å². The van der Waals surface area contributed by atoms with Crippen LogP contribution in [-0.4, -0.2) is 36.3 Å². The van der Waals surface area contributed by atoms with E-state index in [1.165, 1.54) is 18.2 Å². The van der Waals surface area contributed by atoms with Crippen LogP contribution in [0.1, 0.15) is 28.8 Å². The van der Waals surface area contributed by atoms with Crippen molar-refractivity contribution in [2.24, 2.45) is 0 Å². The van der Waals surface area contributed by atoms with Crippen molar-refractivity contribution < 1.29 is 18.3 Å². The quantitative estimate of drug-likeness (QED) is 0.532. The second kappa shape index (κ2) is 8.89. The van der Waals surface area contributed by atoms with Gasteiger partial charge in [0.05, 0.1) is 5.56 Å². The van der Waals surface area contributed by atoms with Crippen LogP contribution < -0.4 is 4.74 Å². The zero-order valence-corrected chi connectivity index (χ0v) is 15.9. The zero-order valence-electron chi connectivity index (χ0n) is 15.9. The molecule has 0 amide bonds. The summed E-state index contributed by atoms with van der Waals surface area (Å²) in [6.45, 7) is 0.567. The number of rotatable bonds is 8. The Morgan fingerprint density at radius 1 is 1.07 bits per heavy atom. The molecule has 2 aromatic carbocycles. The lowest BCUT2D eigenvalue weighted by Gasteiger charge is -2.12. The molecule has 3 rings (SSSR count). The van der Waals surface area contributed by atoms with Crippen molar-refractivity contribution in [3.63, 3.8) is 0 Å². The molecule has 0 fully saturated rings. The first-order chi connectivity index (χ1) is 13.5. The minimum absolute atomic E-state index is 0.0338. The van der Waals surface area contributed by atoms with Crippen LogP contribution in [-0.2, 0) is 6.61 Å². The number of carbonyl (C=O) groups is 1. The van der Waals surface area contributed by atoms with E-state index in [2.05, 4.69) is 4.98 Å². The number of para-hydroxylation sites is 1. The van der Waals surface area contributed by atoms with E-state index < -0.39 is 11.6 Å². The summed E-state index contributed by atoms with van der Waals surface area (Å²) < 4.78 is 33.3. The van der Waals surface area contributed by atoms with Crippen LogP contribution in [0, 0.1) is 11.6 Å². The molecule has 0 saturated heterocycles. The van der Waals surface area contributed by atoms with Crippen molar-refractivity contribution in [1.82, 2.24) is 9.88 Å². The van der Waals surface area contributed by atoms with Crippen molar-refractivity contribution in [1.29, 1.82) is 0 Å². The number of benzene rings is 2. The molecular formula is C22H22F2N2O2. The third-order valence-corrected chi connectivity index (χ3v) is 4.48. The summed E-state index contributed by atoms with van der Waals surface area (Å²) in [5.41, 5.74) is 0.930. The number of carbonyl (C=O) groups excluding carboxylic acids is 1. The topological polar surface area (TPSA) is 42.4 Å². The zero-order chi connectivity index (χ0) is 20.1. The first kappa shape index (κ1) is 19.9. The van der Waals surface area contributed by atoms with E-state index >= 15 is 0 Å². The van der Waals surface area contributed by atoms with E-state index in [0.717, 1.165) is 13.0 Å². The lowest BCUT2D eigenvalue weighted by Crippen LogP contribution is -2.14. The molecule has 1 aromatic heterocycles. The van der Waals surface area contributed by atoms with Gasteiger partial charge in [-0.05, 0) is 51.3 Å². The van der Waals surface area contributed by atoms with Crippen LogP contribution in [0.25, 0.3) is 10.9 Å². The summed E-state index contributed by atoms with van der Waals surface area (Å²) in [5.74, 6) is -0.912. The van der Waals surface area contributed by atoms with Gasteiger partial charge in [-0.25, -0.2) is 8.78 Å². The maximum absolute atomic E-state index is 13.8. The SMILES string of the molecule is CN(C)CCCC(=O)c1ccnc2c(OCc3c(F)cccc3F)cccc12. The number of aromatic nitrogens is 1. The maximum atomic E-state index is 13.8. The number of hydrogen-bond acceptors (Lipinski definition) is 4. The fourth-order valence-electron chi connectivity index (χ4n) is 3.02. The Kier molecular flexibility index (Phi) is 6.31. The van der Waals surface area contributed by atoms with E-state index in [9.17, 15) is 13.6 Å². The maximum Gasteiger partial charge on any atom is 0.163 e. The smallest absolute Gasteiger partial charge is 0.163 e. The Bertz CT molecular complexity index is 969. The molecule has 0 saturated carbocycles. The van der Waals surface area contributed by atoms with Crippen LogP contribution in [0.3, 0.4) is 0 Å². The number of fused-ring (bicyclic) bond motifs is 1. The average Bonchev–Trinajstić information content (AvgIpc) is 2.67. The molecule has 0 bridgehead atoms. The van der Waals surface area contributed by atoms with E-state index in [-0.39, 0.29) is 18.0 Å². The van der Waals surface area contributed by atoms with E-state index in [4.69, 9.17) is 4.74 Å². The van der Waals surface area contributed by atoms with E-state index in [1.807, 2.05) is 19.0 Å². The van der Waals surface area contributed by atoms with Gasteiger partial charge in [0.25, 0.3) is 0 Å². The number of pyridine rings is 1. The number of ketones is 1. The first-order valence-corrected chi connectivity index (χ1v) is 9.08. The molecule has 6 heteroatoms. The first-order valence-electron chi connectivity index (χ1n) is 9.08. The molecule has 1 heterocycles. The summed E-state index contributed by atoms with van der Waals surface area (Å²) in [4.78, 5) is 19.0. The summed E-state index contributed by atoms with van der Waals surface area (Å²) in [5, 5.41) is 0.670. The molecule has 28 heavy (non-hydrogen) atoms. The lowest BCUT2D eigenvalue weighted by molar-refractivity contribution is 0.0979. The fourth-order valence-corrected chi connectivity index (χ4v) is 3.02. The molecule has 3 aromatic rings. The van der Waals surface area contributed by atoms with Crippen molar-refractivity contribution in [2.75, 3.05) is 20.6 Å². The number of ether oxygens (including phenoxy) is 1. The molecule has 146 valence electrons. The molecule has 0 unspecified atom stereocenters. The van der Waals surface area contributed by atoms with Gasteiger partial charge in [0.15, 0.2) is 5.78 Å². The van der Waals surface area contributed by atoms with Crippen LogP contribution in [0.5, 0.6) is 5.75 Å². The molecule has 0 aliphatic rings. The Morgan fingerprint density at radius 2 is 1.79 bits per heavy atom. The Morgan fingerprint density at radius 3 is 2.50 bits per heavy atom.